The zero-order valence-electron chi connectivity index (χ0n) is 34.1. The van der Waals surface area contributed by atoms with Crippen molar-refractivity contribution in [2.45, 2.75) is 108 Å². The molecule has 8 nitrogen and oxygen atoms in total. The van der Waals surface area contributed by atoms with Gasteiger partial charge in [-0.2, -0.15) is 0 Å². The molecular formula is C41H51N5O3SSi. The van der Waals surface area contributed by atoms with Gasteiger partial charge in [-0.1, -0.05) is 65.7 Å². The number of carbonyl (C=O) groups excluding carboxylic acids is 1. The van der Waals surface area contributed by atoms with Gasteiger partial charge in [0, 0.05) is 46.0 Å². The first kappa shape index (κ1) is 32.1. The Bertz CT molecular complexity index is 2190. The first-order chi connectivity index (χ1) is 25.3. The van der Waals surface area contributed by atoms with E-state index in [9.17, 15) is 9.00 Å². The summed E-state index contributed by atoms with van der Waals surface area (Å²) in [6.07, 6.45) is 2.22. The van der Waals surface area contributed by atoms with Gasteiger partial charge in [-0.25, -0.2) is 13.9 Å². The van der Waals surface area contributed by atoms with Gasteiger partial charge in [0.15, 0.2) is 0 Å². The Balaban J connectivity index is 1.35. The van der Waals surface area contributed by atoms with Crippen molar-refractivity contribution >= 4 is 36.0 Å². The van der Waals surface area contributed by atoms with E-state index < -0.39 is 48.3 Å². The maximum atomic E-state index is 14.3. The van der Waals surface area contributed by atoms with E-state index in [0.29, 0.717) is 47.6 Å². The number of hydrogen-bond donors (Lipinski definition) is 1. The molecule has 1 amide bonds. The smallest absolute Gasteiger partial charge is 0.254 e. The molecule has 0 aliphatic carbocycles. The number of amides is 1. The van der Waals surface area contributed by atoms with Gasteiger partial charge >= 0.3 is 0 Å². The summed E-state index contributed by atoms with van der Waals surface area (Å²) in [5, 5.41) is 0. The molecule has 4 aromatic rings. The molecule has 0 radical (unpaired) electrons. The van der Waals surface area contributed by atoms with E-state index in [1.54, 1.807) is 6.07 Å². The lowest BCUT2D eigenvalue weighted by molar-refractivity contribution is -0.0681. The second kappa shape index (κ2) is 12.8. The third-order valence-electron chi connectivity index (χ3n) is 11.4. The topological polar surface area (TPSA) is 89.3 Å². The van der Waals surface area contributed by atoms with Gasteiger partial charge < -0.3 is 14.2 Å². The summed E-state index contributed by atoms with van der Waals surface area (Å²) in [6, 6.07) is 14.5. The summed E-state index contributed by atoms with van der Waals surface area (Å²) in [5.74, 6) is 3.68. The number of carbonyl (C=O) groups is 1. The molecule has 51 heavy (non-hydrogen) atoms. The maximum absolute atomic E-state index is 14.3. The number of benzene rings is 2. The number of ether oxygens (including phenoxy) is 1. The SMILES string of the molecule is [2H]C([2H])([2H])N1C(=O)c2cccc(C#C[Si](C(C)C)(C(C)C)C(C)C)c2[C@H]2C[C@@H]1c1nc3ccc(-c4ccc(C5(NS(=O)C(C)(C)C)COC5)nc4)cc3n12. The number of fused-ring (bicyclic) bond motifs is 9. The predicted molar refractivity (Wildman–Crippen MR) is 208 cm³/mol. The van der Waals surface area contributed by atoms with Crippen molar-refractivity contribution in [3.63, 3.8) is 0 Å². The van der Waals surface area contributed by atoms with Crippen LogP contribution in [0.1, 0.15) is 118 Å². The molecule has 10 heteroatoms. The highest BCUT2D eigenvalue weighted by Gasteiger charge is 2.46. The molecule has 1 saturated heterocycles. The second-order valence-electron chi connectivity index (χ2n) is 16.4. The van der Waals surface area contributed by atoms with Gasteiger partial charge in [0.1, 0.15) is 19.4 Å². The van der Waals surface area contributed by atoms with Crippen LogP contribution in [-0.2, 0) is 21.3 Å². The Kier molecular flexibility index (Phi) is 8.05. The van der Waals surface area contributed by atoms with Crippen LogP contribution in [0.4, 0.5) is 0 Å². The van der Waals surface area contributed by atoms with Crippen molar-refractivity contribution in [1.82, 2.24) is 24.2 Å². The normalized spacial score (nSPS) is 21.4. The Morgan fingerprint density at radius 3 is 2.31 bits per heavy atom. The largest absolute Gasteiger partial charge is 0.377 e. The van der Waals surface area contributed by atoms with Crippen molar-refractivity contribution in [1.29, 1.82) is 0 Å². The van der Waals surface area contributed by atoms with E-state index >= 15 is 0 Å². The fourth-order valence-corrected chi connectivity index (χ4v) is 14.7. The fraction of sp³-hybridized carbons (Fsp3) is 0.488. The minimum Gasteiger partial charge on any atom is -0.377 e. The number of hydrogen-bond acceptors (Lipinski definition) is 5. The summed E-state index contributed by atoms with van der Waals surface area (Å²) >= 11 is 0. The average Bonchev–Trinajstić information content (AvgIpc) is 3.58. The zero-order valence-corrected chi connectivity index (χ0v) is 32.9. The van der Waals surface area contributed by atoms with Crippen LogP contribution in [0.3, 0.4) is 0 Å². The van der Waals surface area contributed by atoms with Crippen LogP contribution in [0.15, 0.2) is 54.7 Å². The minimum absolute atomic E-state index is 0.344. The van der Waals surface area contributed by atoms with Gasteiger partial charge in [0.2, 0.25) is 0 Å². The highest BCUT2D eigenvalue weighted by Crippen LogP contribution is 2.49. The number of pyridine rings is 1. The van der Waals surface area contributed by atoms with Crippen molar-refractivity contribution in [2.75, 3.05) is 20.2 Å². The van der Waals surface area contributed by atoms with Crippen molar-refractivity contribution in [3.8, 4) is 22.6 Å². The second-order valence-corrected chi connectivity index (χ2v) is 23.9. The molecule has 0 saturated carbocycles. The number of rotatable bonds is 7. The van der Waals surface area contributed by atoms with Gasteiger partial charge in [-0.15, -0.1) is 5.54 Å². The molecule has 268 valence electrons. The molecule has 5 heterocycles. The van der Waals surface area contributed by atoms with E-state index in [4.69, 9.17) is 18.8 Å². The third kappa shape index (κ3) is 5.72. The number of nitrogens with one attached hydrogen (secondary N) is 1. The predicted octanol–water partition coefficient (Wildman–Crippen LogP) is 8.06. The van der Waals surface area contributed by atoms with Crippen molar-refractivity contribution < 1.29 is 17.9 Å². The lowest BCUT2D eigenvalue weighted by Crippen LogP contribution is -2.60. The molecule has 3 aliphatic heterocycles. The fourth-order valence-electron chi connectivity index (χ4n) is 8.59. The quantitative estimate of drug-likeness (QED) is 0.154. The molecule has 1 unspecified atom stereocenters. The standard InChI is InChI=1S/C41H51N5O3SSi/c1-25(2)51(26(3)4,27(5)6)19-18-28-12-11-13-31-37(28)34-21-35(45(10)39(31)47)38-43-32-16-14-29(20-33(32)46(34)38)30-15-17-36(42-22-30)41(23-49-24-41)44-50(48)40(7,8)9/h11-17,20,22,25-27,34-35,44H,21,23-24H2,1-10H3/t34-,35-,50?/m1/s1/i10D3. The molecule has 1 fully saturated rings. The van der Waals surface area contributed by atoms with Crippen LogP contribution < -0.4 is 4.72 Å². The monoisotopic (exact) mass is 724 g/mol. The molecule has 7 rings (SSSR count). The van der Waals surface area contributed by atoms with E-state index in [0.717, 1.165) is 43.9 Å². The van der Waals surface area contributed by atoms with Crippen molar-refractivity contribution in [2.24, 2.45) is 0 Å². The highest BCUT2D eigenvalue weighted by atomic mass is 32.2. The lowest BCUT2D eigenvalue weighted by Gasteiger charge is -2.42. The first-order valence-corrected chi connectivity index (χ1v) is 21.4. The summed E-state index contributed by atoms with van der Waals surface area (Å²) in [4.78, 5) is 25.2. The molecule has 2 aromatic heterocycles. The Morgan fingerprint density at radius 1 is 1.02 bits per heavy atom. The van der Waals surface area contributed by atoms with Gasteiger partial charge in [-0.05, 0) is 73.3 Å². The summed E-state index contributed by atoms with van der Waals surface area (Å²) < 4.78 is 49.1. The summed E-state index contributed by atoms with van der Waals surface area (Å²) in [7, 11) is -3.43. The van der Waals surface area contributed by atoms with Crippen LogP contribution >= 0.6 is 0 Å². The molecule has 2 bridgehead atoms. The van der Waals surface area contributed by atoms with Crippen LogP contribution in [-0.4, -0.2) is 62.6 Å². The molecule has 3 atom stereocenters. The summed E-state index contributed by atoms with van der Waals surface area (Å²) in [5.41, 5.74) is 10.6. The third-order valence-corrected chi connectivity index (χ3v) is 19.4. The van der Waals surface area contributed by atoms with E-state index in [2.05, 4.69) is 68.4 Å². The molecule has 0 spiro atoms. The lowest BCUT2D eigenvalue weighted by atomic mass is 9.93. The highest BCUT2D eigenvalue weighted by molar-refractivity contribution is 7.84. The van der Waals surface area contributed by atoms with Crippen molar-refractivity contribution in [3.05, 3.63) is 82.9 Å². The summed E-state index contributed by atoms with van der Waals surface area (Å²) in [6.45, 7) is 17.6. The average molecular weight is 725 g/mol. The Morgan fingerprint density at radius 2 is 1.73 bits per heavy atom. The molecular weight excluding hydrogens is 671 g/mol. The maximum Gasteiger partial charge on any atom is 0.254 e. The molecule has 1 N–H and O–H groups in total. The number of aromatic nitrogens is 3. The number of nitrogens with zero attached hydrogens (tertiary/aromatic N) is 4. The Labute approximate surface area is 310 Å². The van der Waals surface area contributed by atoms with Crippen LogP contribution in [0.2, 0.25) is 16.6 Å². The van der Waals surface area contributed by atoms with E-state index in [1.807, 2.05) is 63.4 Å². The van der Waals surface area contributed by atoms with Crippen LogP contribution in [0.25, 0.3) is 22.2 Å². The molecule has 3 aliphatic rings. The van der Waals surface area contributed by atoms with Gasteiger partial charge in [0.25, 0.3) is 5.91 Å². The Hall–Kier alpha value is -3.62. The van der Waals surface area contributed by atoms with Gasteiger partial charge in [-0.3, -0.25) is 9.78 Å². The molecule has 2 aromatic carbocycles. The van der Waals surface area contributed by atoms with Gasteiger partial charge in [0.05, 0.1) is 57.8 Å². The first-order valence-electron chi connectivity index (χ1n) is 19.6. The van der Waals surface area contributed by atoms with Crippen LogP contribution in [0, 0.1) is 11.5 Å². The minimum atomic E-state index is -2.67. The number of imidazole rings is 1. The van der Waals surface area contributed by atoms with E-state index in [1.165, 1.54) is 0 Å². The van der Waals surface area contributed by atoms with Crippen LogP contribution in [0.5, 0.6) is 0 Å². The zero-order chi connectivity index (χ0) is 39.1. The van der Waals surface area contributed by atoms with E-state index in [-0.39, 0.29) is 6.04 Å².